The van der Waals surface area contributed by atoms with Crippen molar-refractivity contribution in [3.8, 4) is 0 Å². The Kier molecular flexibility index (Phi) is 13.2. The van der Waals surface area contributed by atoms with Crippen molar-refractivity contribution in [2.75, 3.05) is 0 Å². The molecule has 156 valence electrons. The summed E-state index contributed by atoms with van der Waals surface area (Å²) in [6, 6.07) is 2.05. The van der Waals surface area contributed by atoms with Gasteiger partial charge in [-0.15, -0.1) is 0 Å². The summed E-state index contributed by atoms with van der Waals surface area (Å²) in [5.41, 5.74) is 7.38. The van der Waals surface area contributed by atoms with Gasteiger partial charge in [-0.1, -0.05) is 59.9 Å². The van der Waals surface area contributed by atoms with Crippen LogP contribution in [-0.2, 0) is 6.42 Å². The second kappa shape index (κ2) is 15.2. The molecule has 0 atom stereocenters. The van der Waals surface area contributed by atoms with Gasteiger partial charge in [0.15, 0.2) is 0 Å². The lowest BCUT2D eigenvalue weighted by atomic mass is 10.0. The molecule has 0 radical (unpaired) electrons. The van der Waals surface area contributed by atoms with Gasteiger partial charge in [0, 0.05) is 0 Å². The van der Waals surface area contributed by atoms with E-state index in [4.69, 9.17) is 4.42 Å². The Hall–Kier alpha value is -1.76. The summed E-state index contributed by atoms with van der Waals surface area (Å²) in [6.45, 7) is 11.3. The zero-order valence-electron chi connectivity index (χ0n) is 19.0. The molecule has 0 aliphatic carbocycles. The molecule has 0 bridgehead atoms. The molecule has 0 saturated carbocycles. The summed E-state index contributed by atoms with van der Waals surface area (Å²) in [4.78, 5) is 0. The molecule has 1 heteroatoms. The monoisotopic (exact) mass is 382 g/mol. The van der Waals surface area contributed by atoms with Crippen molar-refractivity contribution in [3.05, 3.63) is 70.8 Å². The molecule has 28 heavy (non-hydrogen) atoms. The van der Waals surface area contributed by atoms with Crippen LogP contribution >= 0.6 is 0 Å². The predicted molar refractivity (Wildman–Crippen MR) is 125 cm³/mol. The largest absolute Gasteiger partial charge is 0.472 e. The van der Waals surface area contributed by atoms with Crippen LogP contribution in [0.4, 0.5) is 0 Å². The van der Waals surface area contributed by atoms with Crippen LogP contribution in [0.25, 0.3) is 0 Å². The third-order valence-electron chi connectivity index (χ3n) is 5.24. The number of rotatable bonds is 14. The van der Waals surface area contributed by atoms with E-state index in [0.29, 0.717) is 0 Å². The van der Waals surface area contributed by atoms with Crippen LogP contribution < -0.4 is 0 Å². The van der Waals surface area contributed by atoms with E-state index in [9.17, 15) is 0 Å². The second-order valence-electron chi connectivity index (χ2n) is 8.24. The third-order valence-corrected chi connectivity index (χ3v) is 5.24. The molecule has 1 heterocycles. The Balaban J connectivity index is 2.18. The fourth-order valence-electron chi connectivity index (χ4n) is 3.36. The van der Waals surface area contributed by atoms with Crippen molar-refractivity contribution >= 4 is 0 Å². The van der Waals surface area contributed by atoms with Crippen molar-refractivity contribution < 1.29 is 4.42 Å². The topological polar surface area (TPSA) is 13.1 Å². The molecule has 1 aromatic heterocycles. The van der Waals surface area contributed by atoms with Gasteiger partial charge in [0.05, 0.1) is 12.5 Å². The summed E-state index contributed by atoms with van der Waals surface area (Å²) in [5.74, 6) is 0. The van der Waals surface area contributed by atoms with Gasteiger partial charge in [0.25, 0.3) is 0 Å². The average molecular weight is 383 g/mol. The molecule has 0 fully saturated rings. The minimum Gasteiger partial charge on any atom is -0.472 e. The first-order valence-electron chi connectivity index (χ1n) is 11.1. The van der Waals surface area contributed by atoms with Gasteiger partial charge < -0.3 is 4.42 Å². The molecule has 0 spiro atoms. The summed E-state index contributed by atoms with van der Waals surface area (Å²) in [7, 11) is 0. The van der Waals surface area contributed by atoms with E-state index >= 15 is 0 Å². The van der Waals surface area contributed by atoms with Gasteiger partial charge in [0.1, 0.15) is 0 Å². The van der Waals surface area contributed by atoms with E-state index in [2.05, 4.69) is 65.0 Å². The molecule has 0 N–H and O–H groups in total. The van der Waals surface area contributed by atoms with Crippen molar-refractivity contribution in [2.45, 2.75) is 98.8 Å². The van der Waals surface area contributed by atoms with Crippen LogP contribution in [0.15, 0.2) is 69.6 Å². The lowest BCUT2D eigenvalue weighted by Crippen LogP contribution is -1.83. The second-order valence-corrected chi connectivity index (χ2v) is 8.24. The summed E-state index contributed by atoms with van der Waals surface area (Å²) >= 11 is 0. The summed E-state index contributed by atoms with van der Waals surface area (Å²) < 4.78 is 5.11. The van der Waals surface area contributed by atoms with E-state index in [0.717, 1.165) is 19.3 Å². The van der Waals surface area contributed by atoms with Gasteiger partial charge in [0.2, 0.25) is 0 Å². The molecule has 0 aliphatic rings. The standard InChI is InChI=1S/C27H42O/c1-6-11-23(2)12-7-13-24(3)14-8-15-25(4)16-9-17-26(5)18-10-19-27-20-21-28-22-27/h12,14,16,18,20-22H,6-11,13,15,17,19H2,1-5H3. The smallest absolute Gasteiger partial charge is 0.0934 e. The Morgan fingerprint density at radius 2 is 1.18 bits per heavy atom. The minimum atomic E-state index is 1.07. The van der Waals surface area contributed by atoms with Gasteiger partial charge in [-0.05, 0) is 97.1 Å². The number of furan rings is 1. The van der Waals surface area contributed by atoms with E-state index in [-0.39, 0.29) is 0 Å². The number of hydrogen-bond acceptors (Lipinski definition) is 1. The molecule has 0 aliphatic heterocycles. The highest BCUT2D eigenvalue weighted by Crippen LogP contribution is 2.15. The van der Waals surface area contributed by atoms with E-state index in [1.54, 1.807) is 11.8 Å². The molecular formula is C27H42O. The number of allylic oxidation sites excluding steroid dienone is 8. The average Bonchev–Trinajstić information content (AvgIpc) is 3.15. The zero-order valence-corrected chi connectivity index (χ0v) is 19.0. The van der Waals surface area contributed by atoms with Crippen LogP contribution in [0.5, 0.6) is 0 Å². The Labute approximate surface area is 174 Å². The first-order valence-corrected chi connectivity index (χ1v) is 11.1. The Bertz CT molecular complexity index is 638. The van der Waals surface area contributed by atoms with Gasteiger partial charge in [-0.3, -0.25) is 0 Å². The van der Waals surface area contributed by atoms with Crippen molar-refractivity contribution in [1.29, 1.82) is 0 Å². The Morgan fingerprint density at radius 1 is 0.714 bits per heavy atom. The number of hydrogen-bond donors (Lipinski definition) is 0. The highest BCUT2D eigenvalue weighted by Gasteiger charge is 1.95. The summed E-state index contributed by atoms with van der Waals surface area (Å²) in [6.07, 6.45) is 25.0. The Morgan fingerprint density at radius 3 is 1.61 bits per heavy atom. The molecule has 0 aromatic carbocycles. The molecule has 0 saturated heterocycles. The third kappa shape index (κ3) is 12.6. The molecule has 0 unspecified atom stereocenters. The van der Waals surface area contributed by atoms with Gasteiger partial charge in [-0.25, -0.2) is 0 Å². The summed E-state index contributed by atoms with van der Waals surface area (Å²) in [5, 5.41) is 0. The molecule has 1 aromatic rings. The van der Waals surface area contributed by atoms with Crippen molar-refractivity contribution in [2.24, 2.45) is 0 Å². The van der Waals surface area contributed by atoms with Crippen LogP contribution in [0.2, 0.25) is 0 Å². The van der Waals surface area contributed by atoms with E-state index < -0.39 is 0 Å². The highest BCUT2D eigenvalue weighted by atomic mass is 16.3. The fraction of sp³-hybridized carbons (Fsp3) is 0.556. The minimum absolute atomic E-state index is 1.07. The van der Waals surface area contributed by atoms with Crippen LogP contribution in [0.3, 0.4) is 0 Å². The van der Waals surface area contributed by atoms with Crippen LogP contribution in [0, 0.1) is 0 Å². The van der Waals surface area contributed by atoms with Crippen LogP contribution in [-0.4, -0.2) is 0 Å². The first-order chi connectivity index (χ1) is 13.5. The normalized spacial score (nSPS) is 14.0. The molecule has 1 nitrogen and oxygen atoms in total. The van der Waals surface area contributed by atoms with E-state index in [1.807, 2.05) is 6.26 Å². The zero-order chi connectivity index (χ0) is 20.6. The van der Waals surface area contributed by atoms with E-state index in [1.165, 1.54) is 67.2 Å². The lowest BCUT2D eigenvalue weighted by molar-refractivity contribution is 0.564. The predicted octanol–water partition coefficient (Wildman–Crippen LogP) is 9.14. The first kappa shape index (κ1) is 24.3. The molecule has 1 rings (SSSR count). The van der Waals surface area contributed by atoms with Gasteiger partial charge >= 0.3 is 0 Å². The fourth-order valence-corrected chi connectivity index (χ4v) is 3.36. The lowest BCUT2D eigenvalue weighted by Gasteiger charge is -2.03. The maximum absolute atomic E-state index is 5.11. The maximum Gasteiger partial charge on any atom is 0.0934 e. The SMILES string of the molecule is CCCC(C)=CCCC(C)=CCCC(C)=CCCC(C)=CCCc1ccoc1. The van der Waals surface area contributed by atoms with Gasteiger partial charge in [-0.2, -0.15) is 0 Å². The number of aryl methyl sites for hydroxylation is 1. The highest BCUT2D eigenvalue weighted by molar-refractivity contribution is 5.09. The molecule has 0 amide bonds. The van der Waals surface area contributed by atoms with Crippen molar-refractivity contribution in [1.82, 2.24) is 0 Å². The van der Waals surface area contributed by atoms with Crippen LogP contribution in [0.1, 0.15) is 98.0 Å². The molecular weight excluding hydrogens is 340 g/mol. The maximum atomic E-state index is 5.11. The van der Waals surface area contributed by atoms with Crippen molar-refractivity contribution in [3.63, 3.8) is 0 Å². The quantitative estimate of drug-likeness (QED) is 0.292.